The molecule has 3 nitrogen and oxygen atoms in total. The normalized spacial score (nSPS) is 14.7. The van der Waals surface area contributed by atoms with Crippen LogP contribution in [-0.2, 0) is 6.54 Å². The Morgan fingerprint density at radius 2 is 2.05 bits per heavy atom. The van der Waals surface area contributed by atoms with Gasteiger partial charge in [0.1, 0.15) is 5.82 Å². The van der Waals surface area contributed by atoms with E-state index in [0.717, 1.165) is 22.2 Å². The minimum Gasteiger partial charge on any atom is -0.310 e. The van der Waals surface area contributed by atoms with Gasteiger partial charge in [-0.15, -0.1) is 0 Å². The van der Waals surface area contributed by atoms with Gasteiger partial charge in [0.25, 0.3) is 0 Å². The molecule has 106 valence electrons. The fourth-order valence-electron chi connectivity index (χ4n) is 2.58. The van der Waals surface area contributed by atoms with Gasteiger partial charge in [0, 0.05) is 18.0 Å². The maximum Gasteiger partial charge on any atom is 0.125 e. The molecule has 1 aliphatic carbocycles. The summed E-state index contributed by atoms with van der Waals surface area (Å²) >= 11 is 0. The van der Waals surface area contributed by atoms with Gasteiger partial charge in [0.05, 0.1) is 17.4 Å². The Kier molecular flexibility index (Phi) is 2.97. The van der Waals surface area contributed by atoms with Crippen LogP contribution in [0.5, 0.6) is 0 Å². The molecule has 0 radical (unpaired) electrons. The molecule has 0 spiro atoms. The maximum atomic E-state index is 13.9. The number of benzene rings is 2. The van der Waals surface area contributed by atoms with E-state index in [1.807, 2.05) is 36.5 Å². The van der Waals surface area contributed by atoms with Crippen LogP contribution in [0.2, 0.25) is 0 Å². The smallest absolute Gasteiger partial charge is 0.125 e. The standard InChI is InChI=1S/C17H16FN3/c18-14-7-12(10-19-15-5-6-15)8-16(9-14)21-17-4-2-1-3-13(17)11-20-21/h1-4,7-9,11,15,19H,5-6,10H2. The zero-order valence-corrected chi connectivity index (χ0v) is 11.6. The number of rotatable bonds is 4. The number of nitrogens with zero attached hydrogens (tertiary/aromatic N) is 2. The Morgan fingerprint density at radius 3 is 2.90 bits per heavy atom. The minimum absolute atomic E-state index is 0.223. The molecule has 1 N–H and O–H groups in total. The molecule has 4 heteroatoms. The third-order valence-corrected chi connectivity index (χ3v) is 3.84. The summed E-state index contributed by atoms with van der Waals surface area (Å²) in [6.07, 6.45) is 4.26. The number of fused-ring (bicyclic) bond motifs is 1. The molecule has 0 amide bonds. The number of nitrogens with one attached hydrogen (secondary N) is 1. The van der Waals surface area contributed by atoms with Crippen molar-refractivity contribution in [2.24, 2.45) is 0 Å². The van der Waals surface area contributed by atoms with Crippen molar-refractivity contribution in [3.63, 3.8) is 0 Å². The van der Waals surface area contributed by atoms with Crippen LogP contribution in [0.4, 0.5) is 4.39 Å². The zero-order valence-electron chi connectivity index (χ0n) is 11.6. The molecule has 1 heterocycles. The molecule has 1 aromatic heterocycles. The SMILES string of the molecule is Fc1cc(CNC2CC2)cc(-n2ncc3ccccc32)c1. The van der Waals surface area contributed by atoms with Crippen LogP contribution >= 0.6 is 0 Å². The predicted molar refractivity (Wildman–Crippen MR) is 80.9 cm³/mol. The van der Waals surface area contributed by atoms with E-state index in [1.54, 1.807) is 10.7 Å². The second kappa shape index (κ2) is 4.97. The molecule has 21 heavy (non-hydrogen) atoms. The third-order valence-electron chi connectivity index (χ3n) is 3.84. The maximum absolute atomic E-state index is 13.9. The van der Waals surface area contributed by atoms with E-state index in [9.17, 15) is 4.39 Å². The molecule has 1 saturated carbocycles. The lowest BCUT2D eigenvalue weighted by Crippen LogP contribution is -2.15. The van der Waals surface area contributed by atoms with E-state index in [-0.39, 0.29) is 5.82 Å². The summed E-state index contributed by atoms with van der Waals surface area (Å²) in [5.41, 5.74) is 2.71. The van der Waals surface area contributed by atoms with Crippen molar-refractivity contribution in [3.8, 4) is 5.69 Å². The fourth-order valence-corrected chi connectivity index (χ4v) is 2.58. The van der Waals surface area contributed by atoms with Gasteiger partial charge < -0.3 is 5.32 Å². The number of aromatic nitrogens is 2. The van der Waals surface area contributed by atoms with Crippen molar-refractivity contribution >= 4 is 10.9 Å². The van der Waals surface area contributed by atoms with Crippen molar-refractivity contribution in [1.29, 1.82) is 0 Å². The summed E-state index contributed by atoms with van der Waals surface area (Å²) in [6.45, 7) is 0.703. The first kappa shape index (κ1) is 12.5. The third kappa shape index (κ3) is 2.54. The van der Waals surface area contributed by atoms with E-state index >= 15 is 0 Å². The minimum atomic E-state index is -0.223. The topological polar surface area (TPSA) is 29.9 Å². The predicted octanol–water partition coefficient (Wildman–Crippen LogP) is 3.42. The second-order valence-electron chi connectivity index (χ2n) is 5.59. The molecule has 3 aromatic rings. The van der Waals surface area contributed by atoms with E-state index in [1.165, 1.54) is 18.9 Å². The van der Waals surface area contributed by atoms with Gasteiger partial charge in [0.15, 0.2) is 0 Å². The van der Waals surface area contributed by atoms with Crippen LogP contribution in [0.15, 0.2) is 48.7 Å². The number of para-hydroxylation sites is 1. The highest BCUT2D eigenvalue weighted by Crippen LogP contribution is 2.22. The summed E-state index contributed by atoms with van der Waals surface area (Å²) in [7, 11) is 0. The molecule has 1 aliphatic rings. The van der Waals surface area contributed by atoms with Gasteiger partial charge in [-0.1, -0.05) is 18.2 Å². The van der Waals surface area contributed by atoms with Gasteiger partial charge >= 0.3 is 0 Å². The first-order valence-corrected chi connectivity index (χ1v) is 7.25. The Hall–Kier alpha value is -2.20. The van der Waals surface area contributed by atoms with Crippen molar-refractivity contribution < 1.29 is 4.39 Å². The van der Waals surface area contributed by atoms with Crippen LogP contribution in [0, 0.1) is 5.82 Å². The monoisotopic (exact) mass is 281 g/mol. The zero-order chi connectivity index (χ0) is 14.2. The molecule has 2 aromatic carbocycles. The van der Waals surface area contributed by atoms with Gasteiger partial charge in [-0.25, -0.2) is 9.07 Å². The van der Waals surface area contributed by atoms with Crippen LogP contribution in [0.25, 0.3) is 16.6 Å². The van der Waals surface area contributed by atoms with Gasteiger partial charge in [-0.2, -0.15) is 5.10 Å². The largest absolute Gasteiger partial charge is 0.310 e. The van der Waals surface area contributed by atoms with Crippen LogP contribution in [0.1, 0.15) is 18.4 Å². The number of halogens is 1. The molecule has 0 saturated heterocycles. The van der Waals surface area contributed by atoms with Crippen LogP contribution in [0.3, 0.4) is 0 Å². The Balaban J connectivity index is 1.72. The molecule has 0 atom stereocenters. The summed E-state index contributed by atoms with van der Waals surface area (Å²) in [5.74, 6) is -0.223. The highest BCUT2D eigenvalue weighted by Gasteiger charge is 2.20. The molecular formula is C17H16FN3. The molecular weight excluding hydrogens is 265 g/mol. The summed E-state index contributed by atoms with van der Waals surface area (Å²) in [5, 5.41) is 8.85. The van der Waals surface area contributed by atoms with Gasteiger partial charge in [-0.05, 0) is 42.7 Å². The highest BCUT2D eigenvalue weighted by molar-refractivity contribution is 5.80. The van der Waals surface area contributed by atoms with Gasteiger partial charge in [-0.3, -0.25) is 0 Å². The Bertz CT molecular complexity index is 790. The average molecular weight is 281 g/mol. The molecule has 1 fully saturated rings. The Labute approximate surface area is 122 Å². The van der Waals surface area contributed by atoms with Crippen molar-refractivity contribution in [1.82, 2.24) is 15.1 Å². The quantitative estimate of drug-likeness (QED) is 0.794. The lowest BCUT2D eigenvalue weighted by molar-refractivity contribution is 0.617. The Morgan fingerprint density at radius 1 is 1.19 bits per heavy atom. The van der Waals surface area contributed by atoms with E-state index < -0.39 is 0 Å². The second-order valence-corrected chi connectivity index (χ2v) is 5.59. The van der Waals surface area contributed by atoms with Gasteiger partial charge in [0.2, 0.25) is 0 Å². The lowest BCUT2D eigenvalue weighted by atomic mass is 10.2. The van der Waals surface area contributed by atoms with E-state index in [2.05, 4.69) is 10.4 Å². The highest BCUT2D eigenvalue weighted by atomic mass is 19.1. The molecule has 0 bridgehead atoms. The molecule has 0 unspecified atom stereocenters. The van der Waals surface area contributed by atoms with Crippen molar-refractivity contribution in [3.05, 3.63) is 60.0 Å². The number of hydrogen-bond acceptors (Lipinski definition) is 2. The van der Waals surface area contributed by atoms with Crippen molar-refractivity contribution in [2.45, 2.75) is 25.4 Å². The summed E-state index contributed by atoms with van der Waals surface area (Å²) in [4.78, 5) is 0. The van der Waals surface area contributed by atoms with Crippen LogP contribution < -0.4 is 5.32 Å². The first-order valence-electron chi connectivity index (χ1n) is 7.25. The fraction of sp³-hybridized carbons (Fsp3) is 0.235. The summed E-state index contributed by atoms with van der Waals surface area (Å²) in [6, 6.07) is 13.7. The van der Waals surface area contributed by atoms with Crippen LogP contribution in [-0.4, -0.2) is 15.8 Å². The van der Waals surface area contributed by atoms with Crippen molar-refractivity contribution in [2.75, 3.05) is 0 Å². The average Bonchev–Trinajstić information content (AvgIpc) is 3.22. The van der Waals surface area contributed by atoms with E-state index in [4.69, 9.17) is 0 Å². The summed E-state index contributed by atoms with van der Waals surface area (Å²) < 4.78 is 15.7. The molecule has 0 aliphatic heterocycles. The number of hydrogen-bond donors (Lipinski definition) is 1. The first-order chi connectivity index (χ1) is 10.3. The van der Waals surface area contributed by atoms with E-state index in [0.29, 0.717) is 12.6 Å². The molecule has 4 rings (SSSR count). The lowest BCUT2D eigenvalue weighted by Gasteiger charge is -2.08.